The van der Waals surface area contributed by atoms with Gasteiger partial charge in [-0.2, -0.15) is 0 Å². The number of para-hydroxylation sites is 1. The Morgan fingerprint density at radius 2 is 1.72 bits per heavy atom. The quantitative estimate of drug-likeness (QED) is 0.615. The first-order valence-corrected chi connectivity index (χ1v) is 13.1. The largest absolute Gasteiger partial charge is 0.497 e. The molecule has 2 saturated heterocycles. The van der Waals surface area contributed by atoms with E-state index in [1.165, 1.54) is 12.1 Å². The van der Waals surface area contributed by atoms with Gasteiger partial charge in [0.2, 0.25) is 0 Å². The van der Waals surface area contributed by atoms with Crippen LogP contribution in [0.4, 0.5) is 11.4 Å². The Morgan fingerprint density at radius 3 is 2.39 bits per heavy atom. The number of ether oxygens (including phenoxy) is 3. The Hall–Kier alpha value is -2.87. The van der Waals surface area contributed by atoms with E-state index in [0.29, 0.717) is 31.7 Å². The Kier molecular flexibility index (Phi) is 5.17. The van der Waals surface area contributed by atoms with Crippen molar-refractivity contribution in [2.45, 2.75) is 18.6 Å². The SMILES string of the molecule is COc1ccc(N2CCN(CN3C(=O)C4(OCC5(CO4)C[C@@H]4C=C[C@@H]5C4)c4ccccc43)CC2)cc1. The average Bonchev–Trinajstić information content (AvgIpc) is 3.59. The molecule has 7 heteroatoms. The van der Waals surface area contributed by atoms with Crippen molar-refractivity contribution in [3.05, 3.63) is 66.2 Å². The lowest BCUT2D eigenvalue weighted by Crippen LogP contribution is -2.56. The highest BCUT2D eigenvalue weighted by Gasteiger charge is 2.61. The zero-order chi connectivity index (χ0) is 24.3. The molecule has 36 heavy (non-hydrogen) atoms. The zero-order valence-corrected chi connectivity index (χ0v) is 20.8. The van der Waals surface area contributed by atoms with E-state index in [0.717, 1.165) is 49.6 Å². The summed E-state index contributed by atoms with van der Waals surface area (Å²) < 4.78 is 18.3. The number of hydrogen-bond donors (Lipinski definition) is 0. The standard InChI is InChI=1S/C29H33N3O4/c1-34-24-10-8-23(9-11-24)31-14-12-30(13-15-31)20-32-26-5-3-2-4-25(26)29(27(32)33)35-18-28(19-36-29)17-21-6-7-22(28)16-21/h2-11,21-22H,12-20H2,1H3/t21-,22-,28?,29?/m1/s1. The Balaban J connectivity index is 1.05. The van der Waals surface area contributed by atoms with Crippen molar-refractivity contribution in [2.75, 3.05) is 63.0 Å². The number of carbonyl (C=O) groups excluding carboxylic acids is 1. The molecule has 2 atom stereocenters. The van der Waals surface area contributed by atoms with E-state index in [1.807, 2.05) is 41.3 Å². The number of fused-ring (bicyclic) bond motifs is 5. The van der Waals surface area contributed by atoms with Crippen LogP contribution in [-0.4, -0.2) is 64.0 Å². The normalized spacial score (nSPS) is 33.2. The summed E-state index contributed by atoms with van der Waals surface area (Å²) in [5.41, 5.74) is 2.97. The van der Waals surface area contributed by atoms with E-state index in [1.54, 1.807) is 7.11 Å². The number of amides is 1. The summed E-state index contributed by atoms with van der Waals surface area (Å²) in [6.07, 6.45) is 6.97. The third-order valence-electron chi connectivity index (χ3n) is 8.98. The lowest BCUT2D eigenvalue weighted by Gasteiger charge is -2.45. The minimum atomic E-state index is -1.31. The molecule has 2 aromatic rings. The van der Waals surface area contributed by atoms with Gasteiger partial charge in [-0.3, -0.25) is 14.6 Å². The molecule has 5 aliphatic rings. The first kappa shape index (κ1) is 22.3. The van der Waals surface area contributed by atoms with Gasteiger partial charge >= 0.3 is 0 Å². The number of carbonyl (C=O) groups is 1. The fraction of sp³-hybridized carbons (Fsp3) is 0.483. The van der Waals surface area contributed by atoms with Gasteiger partial charge in [0.15, 0.2) is 0 Å². The molecular formula is C29H33N3O4. The number of rotatable bonds is 4. The van der Waals surface area contributed by atoms with E-state index in [-0.39, 0.29) is 11.3 Å². The van der Waals surface area contributed by atoms with Crippen LogP contribution in [0.2, 0.25) is 0 Å². The second-order valence-electron chi connectivity index (χ2n) is 10.9. The van der Waals surface area contributed by atoms with Gasteiger partial charge in [-0.05, 0) is 55.0 Å². The van der Waals surface area contributed by atoms with Gasteiger partial charge in [0, 0.05) is 42.8 Å². The lowest BCUT2D eigenvalue weighted by atomic mass is 9.76. The summed E-state index contributed by atoms with van der Waals surface area (Å²) in [5, 5.41) is 0. The van der Waals surface area contributed by atoms with Crippen LogP contribution in [0.1, 0.15) is 18.4 Å². The summed E-state index contributed by atoms with van der Waals surface area (Å²) in [4.78, 5) is 20.5. The van der Waals surface area contributed by atoms with Crippen molar-refractivity contribution >= 4 is 17.3 Å². The van der Waals surface area contributed by atoms with Crippen LogP contribution in [0.15, 0.2) is 60.7 Å². The number of benzene rings is 2. The lowest BCUT2D eigenvalue weighted by molar-refractivity contribution is -0.295. The van der Waals surface area contributed by atoms with Crippen molar-refractivity contribution in [2.24, 2.45) is 17.3 Å². The average molecular weight is 488 g/mol. The minimum Gasteiger partial charge on any atom is -0.497 e. The summed E-state index contributed by atoms with van der Waals surface area (Å²) >= 11 is 0. The molecule has 3 aliphatic heterocycles. The second-order valence-corrected chi connectivity index (χ2v) is 10.9. The number of hydrogen-bond acceptors (Lipinski definition) is 6. The van der Waals surface area contributed by atoms with Crippen molar-refractivity contribution in [3.8, 4) is 5.75 Å². The van der Waals surface area contributed by atoms with E-state index in [9.17, 15) is 4.79 Å². The highest BCUT2D eigenvalue weighted by Crippen LogP contribution is 2.57. The van der Waals surface area contributed by atoms with Crippen LogP contribution in [0.3, 0.4) is 0 Å². The highest BCUT2D eigenvalue weighted by atomic mass is 16.7. The van der Waals surface area contributed by atoms with E-state index in [2.05, 4.69) is 34.1 Å². The Morgan fingerprint density at radius 1 is 0.972 bits per heavy atom. The van der Waals surface area contributed by atoms with Gasteiger partial charge in [0.05, 0.1) is 32.7 Å². The third kappa shape index (κ3) is 3.33. The summed E-state index contributed by atoms with van der Waals surface area (Å²) in [7, 11) is 1.69. The maximum Gasteiger partial charge on any atom is 0.293 e. The molecule has 2 aliphatic carbocycles. The van der Waals surface area contributed by atoms with Crippen molar-refractivity contribution in [3.63, 3.8) is 0 Å². The molecule has 188 valence electrons. The van der Waals surface area contributed by atoms with Crippen LogP contribution in [-0.2, 0) is 20.1 Å². The van der Waals surface area contributed by atoms with Crippen LogP contribution in [0.5, 0.6) is 5.75 Å². The topological polar surface area (TPSA) is 54.5 Å². The van der Waals surface area contributed by atoms with E-state index < -0.39 is 5.79 Å². The first-order valence-electron chi connectivity index (χ1n) is 13.1. The molecule has 7 nitrogen and oxygen atoms in total. The molecule has 7 rings (SSSR count). The van der Waals surface area contributed by atoms with Crippen LogP contribution in [0.25, 0.3) is 0 Å². The van der Waals surface area contributed by atoms with Crippen LogP contribution in [0, 0.1) is 17.3 Å². The van der Waals surface area contributed by atoms with Gasteiger partial charge in [-0.25, -0.2) is 0 Å². The van der Waals surface area contributed by atoms with Crippen LogP contribution >= 0.6 is 0 Å². The number of nitrogens with zero attached hydrogens (tertiary/aromatic N) is 3. The summed E-state index contributed by atoms with van der Waals surface area (Å²) in [5.74, 6) is 0.612. The number of allylic oxidation sites excluding steroid dienone is 2. The van der Waals surface area contributed by atoms with Gasteiger partial charge in [-0.15, -0.1) is 0 Å². The maximum atomic E-state index is 13.9. The zero-order valence-electron chi connectivity index (χ0n) is 20.8. The molecule has 2 aromatic carbocycles. The van der Waals surface area contributed by atoms with Crippen molar-refractivity contribution in [1.82, 2.24) is 4.90 Å². The molecule has 1 amide bonds. The molecule has 1 saturated carbocycles. The smallest absolute Gasteiger partial charge is 0.293 e. The maximum absolute atomic E-state index is 13.9. The number of anilines is 2. The molecular weight excluding hydrogens is 454 g/mol. The molecule has 2 spiro atoms. The van der Waals surface area contributed by atoms with E-state index >= 15 is 0 Å². The molecule has 2 bridgehead atoms. The molecule has 3 fully saturated rings. The number of methoxy groups -OCH3 is 1. The second kappa shape index (κ2) is 8.33. The summed E-state index contributed by atoms with van der Waals surface area (Å²) in [6, 6.07) is 16.2. The fourth-order valence-corrected chi connectivity index (χ4v) is 6.91. The minimum absolute atomic E-state index is 0.0189. The van der Waals surface area contributed by atoms with E-state index in [4.69, 9.17) is 14.2 Å². The first-order chi connectivity index (χ1) is 17.6. The van der Waals surface area contributed by atoms with Crippen molar-refractivity contribution < 1.29 is 19.0 Å². The predicted molar refractivity (Wildman–Crippen MR) is 137 cm³/mol. The van der Waals surface area contributed by atoms with Gasteiger partial charge in [0.25, 0.3) is 11.7 Å². The molecule has 0 unspecified atom stereocenters. The van der Waals surface area contributed by atoms with Gasteiger partial charge < -0.3 is 19.1 Å². The number of piperazine rings is 1. The van der Waals surface area contributed by atoms with Crippen LogP contribution < -0.4 is 14.5 Å². The molecule has 0 N–H and O–H groups in total. The van der Waals surface area contributed by atoms with Gasteiger partial charge in [0.1, 0.15) is 5.75 Å². The molecule has 0 radical (unpaired) electrons. The predicted octanol–water partition coefficient (Wildman–Crippen LogP) is 3.60. The highest BCUT2D eigenvalue weighted by molar-refractivity contribution is 6.06. The Labute approximate surface area is 212 Å². The van der Waals surface area contributed by atoms with Gasteiger partial charge in [-0.1, -0.05) is 30.4 Å². The molecule has 0 aromatic heterocycles. The monoisotopic (exact) mass is 487 g/mol. The molecule has 3 heterocycles. The third-order valence-corrected chi connectivity index (χ3v) is 8.98. The van der Waals surface area contributed by atoms with Crippen molar-refractivity contribution in [1.29, 1.82) is 0 Å². The summed E-state index contributed by atoms with van der Waals surface area (Å²) in [6.45, 7) is 5.27. The Bertz CT molecular complexity index is 1180. The fourth-order valence-electron chi connectivity index (χ4n) is 6.91.